The van der Waals surface area contributed by atoms with Gasteiger partial charge in [-0.2, -0.15) is 0 Å². The van der Waals surface area contributed by atoms with E-state index in [-0.39, 0.29) is 35.1 Å². The Kier molecular flexibility index (Phi) is 4.01. The molecule has 1 saturated heterocycles. The number of sulfone groups is 1. The van der Waals surface area contributed by atoms with Gasteiger partial charge in [-0.3, -0.25) is 0 Å². The van der Waals surface area contributed by atoms with Crippen molar-refractivity contribution in [2.75, 3.05) is 11.5 Å². The van der Waals surface area contributed by atoms with E-state index in [1.165, 1.54) is 18.2 Å². The maximum Gasteiger partial charge on any atom is 0.151 e. The van der Waals surface area contributed by atoms with Crippen LogP contribution in [0.2, 0.25) is 0 Å². The number of phenolic OH excluding ortho intramolecular Hbond substituents is 2. The topological polar surface area (TPSA) is 86.6 Å². The SMILES string of the molecule is CC(NC1CCCS(=O)(=O)C1)c1cc(O)ccc1O. The largest absolute Gasteiger partial charge is 0.508 e. The normalized spacial score (nSPS) is 23.9. The van der Waals surface area contributed by atoms with E-state index in [1.54, 1.807) is 0 Å². The summed E-state index contributed by atoms with van der Waals surface area (Å²) in [5.74, 6) is 0.572. The minimum Gasteiger partial charge on any atom is -0.508 e. The van der Waals surface area contributed by atoms with Crippen molar-refractivity contribution >= 4 is 9.84 Å². The van der Waals surface area contributed by atoms with E-state index in [0.29, 0.717) is 12.0 Å². The fourth-order valence-corrected chi connectivity index (χ4v) is 4.14. The Morgan fingerprint density at radius 3 is 2.79 bits per heavy atom. The first kappa shape index (κ1) is 14.1. The van der Waals surface area contributed by atoms with Gasteiger partial charge in [-0.05, 0) is 38.0 Å². The molecule has 2 atom stereocenters. The van der Waals surface area contributed by atoms with Crippen molar-refractivity contribution < 1.29 is 18.6 Å². The van der Waals surface area contributed by atoms with Gasteiger partial charge in [0.15, 0.2) is 9.84 Å². The molecule has 0 radical (unpaired) electrons. The second-order valence-corrected chi connectivity index (χ2v) is 7.31. The van der Waals surface area contributed by atoms with Crippen LogP contribution in [-0.2, 0) is 9.84 Å². The van der Waals surface area contributed by atoms with Gasteiger partial charge in [0, 0.05) is 17.6 Å². The highest BCUT2D eigenvalue weighted by molar-refractivity contribution is 7.91. The molecule has 0 saturated carbocycles. The van der Waals surface area contributed by atoms with Crippen LogP contribution >= 0.6 is 0 Å². The highest BCUT2D eigenvalue weighted by atomic mass is 32.2. The quantitative estimate of drug-likeness (QED) is 0.729. The summed E-state index contributed by atoms with van der Waals surface area (Å²) < 4.78 is 23.1. The summed E-state index contributed by atoms with van der Waals surface area (Å²) in [5, 5.41) is 22.4. The molecule has 0 amide bonds. The molecule has 1 fully saturated rings. The average molecular weight is 285 g/mol. The van der Waals surface area contributed by atoms with Crippen LogP contribution in [0.25, 0.3) is 0 Å². The first-order chi connectivity index (χ1) is 8.87. The van der Waals surface area contributed by atoms with E-state index < -0.39 is 9.84 Å². The lowest BCUT2D eigenvalue weighted by molar-refractivity contribution is 0.411. The lowest BCUT2D eigenvalue weighted by atomic mass is 10.0. The Bertz CT molecular complexity index is 556. The van der Waals surface area contributed by atoms with Gasteiger partial charge in [0.1, 0.15) is 11.5 Å². The molecular formula is C13H19NO4S. The van der Waals surface area contributed by atoms with Crippen LogP contribution in [0.1, 0.15) is 31.4 Å². The van der Waals surface area contributed by atoms with Crippen LogP contribution in [0.3, 0.4) is 0 Å². The predicted octanol–water partition coefficient (Wildman–Crippen LogP) is 1.33. The third kappa shape index (κ3) is 3.61. The zero-order valence-electron chi connectivity index (χ0n) is 10.8. The number of rotatable bonds is 3. The van der Waals surface area contributed by atoms with Crippen LogP contribution < -0.4 is 5.32 Å². The zero-order chi connectivity index (χ0) is 14.0. The molecule has 0 bridgehead atoms. The first-order valence-electron chi connectivity index (χ1n) is 6.36. The Morgan fingerprint density at radius 1 is 1.37 bits per heavy atom. The summed E-state index contributed by atoms with van der Waals surface area (Å²) in [5.41, 5.74) is 0.572. The molecule has 0 aromatic heterocycles. The smallest absolute Gasteiger partial charge is 0.151 e. The van der Waals surface area contributed by atoms with E-state index in [2.05, 4.69) is 5.32 Å². The van der Waals surface area contributed by atoms with E-state index in [1.807, 2.05) is 6.92 Å². The Hall–Kier alpha value is -1.27. The average Bonchev–Trinajstić information content (AvgIpc) is 2.31. The van der Waals surface area contributed by atoms with Crippen molar-refractivity contribution in [3.63, 3.8) is 0 Å². The fraction of sp³-hybridized carbons (Fsp3) is 0.538. The van der Waals surface area contributed by atoms with Crippen molar-refractivity contribution in [1.29, 1.82) is 0 Å². The lowest BCUT2D eigenvalue weighted by Gasteiger charge is -2.27. The summed E-state index contributed by atoms with van der Waals surface area (Å²) in [6.45, 7) is 1.84. The van der Waals surface area contributed by atoms with E-state index in [4.69, 9.17) is 0 Å². The predicted molar refractivity (Wildman–Crippen MR) is 73.0 cm³/mol. The van der Waals surface area contributed by atoms with Crippen molar-refractivity contribution in [1.82, 2.24) is 5.32 Å². The fourth-order valence-electron chi connectivity index (χ4n) is 2.49. The van der Waals surface area contributed by atoms with E-state index in [0.717, 1.165) is 6.42 Å². The minimum atomic E-state index is -2.95. The Balaban J connectivity index is 2.08. The molecule has 1 aromatic rings. The van der Waals surface area contributed by atoms with Crippen molar-refractivity contribution in [2.24, 2.45) is 0 Å². The Morgan fingerprint density at radius 2 is 2.11 bits per heavy atom. The van der Waals surface area contributed by atoms with Crippen LogP contribution in [0.5, 0.6) is 11.5 Å². The molecule has 6 heteroatoms. The third-order valence-corrected chi connectivity index (χ3v) is 5.25. The number of nitrogens with one attached hydrogen (secondary N) is 1. The summed E-state index contributed by atoms with van der Waals surface area (Å²) in [6.07, 6.45) is 1.47. The molecule has 3 N–H and O–H groups in total. The van der Waals surface area contributed by atoms with E-state index in [9.17, 15) is 18.6 Å². The number of phenols is 2. The highest BCUT2D eigenvalue weighted by Crippen LogP contribution is 2.28. The molecule has 106 valence electrons. The van der Waals surface area contributed by atoms with Crippen molar-refractivity contribution in [3.8, 4) is 11.5 Å². The maximum absolute atomic E-state index is 11.6. The summed E-state index contributed by atoms with van der Waals surface area (Å²) >= 11 is 0. The summed E-state index contributed by atoms with van der Waals surface area (Å²) in [4.78, 5) is 0. The Labute approximate surface area is 113 Å². The van der Waals surface area contributed by atoms with Gasteiger partial charge in [-0.1, -0.05) is 0 Å². The van der Waals surface area contributed by atoms with Gasteiger partial charge in [-0.15, -0.1) is 0 Å². The highest BCUT2D eigenvalue weighted by Gasteiger charge is 2.26. The summed E-state index contributed by atoms with van der Waals surface area (Å²) in [6, 6.07) is 4.02. The van der Waals surface area contributed by atoms with Crippen LogP contribution in [0, 0.1) is 0 Å². The number of benzene rings is 1. The van der Waals surface area contributed by atoms with Crippen LogP contribution in [-0.4, -0.2) is 36.2 Å². The summed E-state index contributed by atoms with van der Waals surface area (Å²) in [7, 11) is -2.95. The molecule has 1 heterocycles. The molecule has 0 aliphatic carbocycles. The van der Waals surface area contributed by atoms with Gasteiger partial charge >= 0.3 is 0 Å². The first-order valence-corrected chi connectivity index (χ1v) is 8.18. The molecule has 1 aromatic carbocycles. The van der Waals surface area contributed by atoms with Gasteiger partial charge in [0.05, 0.1) is 11.5 Å². The molecule has 5 nitrogen and oxygen atoms in total. The van der Waals surface area contributed by atoms with Crippen molar-refractivity contribution in [2.45, 2.75) is 31.8 Å². The zero-order valence-corrected chi connectivity index (χ0v) is 11.7. The molecule has 0 spiro atoms. The molecular weight excluding hydrogens is 266 g/mol. The number of aromatic hydroxyl groups is 2. The van der Waals surface area contributed by atoms with Crippen LogP contribution in [0.15, 0.2) is 18.2 Å². The molecule has 1 aliphatic heterocycles. The van der Waals surface area contributed by atoms with Gasteiger partial charge in [0.25, 0.3) is 0 Å². The van der Waals surface area contributed by atoms with Gasteiger partial charge in [0.2, 0.25) is 0 Å². The second-order valence-electron chi connectivity index (χ2n) is 5.08. The standard InChI is InChI=1S/C13H19NO4S/c1-9(12-7-11(15)4-5-13(12)16)14-10-3-2-6-19(17,18)8-10/h4-5,7,9-10,14-16H,2-3,6,8H2,1H3. The van der Waals surface area contributed by atoms with E-state index >= 15 is 0 Å². The molecule has 2 rings (SSSR count). The van der Waals surface area contributed by atoms with Crippen molar-refractivity contribution in [3.05, 3.63) is 23.8 Å². The van der Waals surface area contributed by atoms with Crippen LogP contribution in [0.4, 0.5) is 0 Å². The minimum absolute atomic E-state index is 0.0812. The maximum atomic E-state index is 11.6. The van der Waals surface area contributed by atoms with Gasteiger partial charge in [-0.25, -0.2) is 8.42 Å². The molecule has 2 unspecified atom stereocenters. The lowest BCUT2D eigenvalue weighted by Crippen LogP contribution is -2.41. The molecule has 19 heavy (non-hydrogen) atoms. The molecule has 1 aliphatic rings. The third-order valence-electron chi connectivity index (χ3n) is 3.43. The number of hydrogen-bond acceptors (Lipinski definition) is 5. The second kappa shape index (κ2) is 5.38. The monoisotopic (exact) mass is 285 g/mol. The number of hydrogen-bond donors (Lipinski definition) is 3. The van der Waals surface area contributed by atoms with Gasteiger partial charge < -0.3 is 15.5 Å².